The van der Waals surface area contributed by atoms with E-state index in [2.05, 4.69) is 29.7 Å². The molecule has 6 heteroatoms. The smallest absolute Gasteiger partial charge is 0.203 e. The molecule has 1 fully saturated rings. The normalized spacial score (nSPS) is 18.2. The lowest BCUT2D eigenvalue weighted by molar-refractivity contribution is 0.0636. The highest BCUT2D eigenvalue weighted by Gasteiger charge is 2.26. The van der Waals surface area contributed by atoms with Crippen LogP contribution in [0.1, 0.15) is 25.8 Å². The van der Waals surface area contributed by atoms with Gasteiger partial charge in [-0.25, -0.2) is 0 Å². The molecule has 1 aromatic carbocycles. The predicted octanol–water partition coefficient (Wildman–Crippen LogP) is 2.55. The highest BCUT2D eigenvalue weighted by molar-refractivity contribution is 5.53. The van der Waals surface area contributed by atoms with Gasteiger partial charge in [-0.3, -0.25) is 9.80 Å². The third-order valence-corrected chi connectivity index (χ3v) is 5.02. The van der Waals surface area contributed by atoms with Gasteiger partial charge in [0.1, 0.15) is 0 Å². The van der Waals surface area contributed by atoms with Crippen LogP contribution in [0.3, 0.4) is 0 Å². The average Bonchev–Trinajstić information content (AvgIpc) is 2.66. The van der Waals surface area contributed by atoms with Crippen LogP contribution in [0, 0.1) is 0 Å². The van der Waals surface area contributed by atoms with Crippen molar-refractivity contribution in [3.05, 3.63) is 29.3 Å². The number of aliphatic hydroxyl groups excluding tert-OH is 1. The molecule has 0 bridgehead atoms. The number of hydrogen-bond donors (Lipinski definition) is 1. The maximum absolute atomic E-state index is 9.48. The topological polar surface area (TPSA) is 54.4 Å². The highest BCUT2D eigenvalue weighted by Crippen LogP contribution is 2.38. The van der Waals surface area contributed by atoms with Gasteiger partial charge < -0.3 is 19.3 Å². The Bertz CT molecular complexity index is 604. The van der Waals surface area contributed by atoms with Crippen molar-refractivity contribution in [2.45, 2.75) is 32.9 Å². The van der Waals surface area contributed by atoms with Gasteiger partial charge in [0.15, 0.2) is 11.5 Å². The second-order valence-electron chi connectivity index (χ2n) is 7.21. The van der Waals surface area contributed by atoms with Gasteiger partial charge in [-0.1, -0.05) is 11.6 Å². The Morgan fingerprint density at radius 1 is 1.11 bits per heavy atom. The summed E-state index contributed by atoms with van der Waals surface area (Å²) in [7, 11) is 4.89. The van der Waals surface area contributed by atoms with Crippen molar-refractivity contribution in [3.8, 4) is 17.2 Å². The molecule has 0 unspecified atom stereocenters. The van der Waals surface area contributed by atoms with E-state index in [1.807, 2.05) is 12.1 Å². The molecule has 1 aliphatic rings. The lowest BCUT2D eigenvalue weighted by Gasteiger charge is -2.41. The zero-order valence-electron chi connectivity index (χ0n) is 17.3. The van der Waals surface area contributed by atoms with Crippen LogP contribution < -0.4 is 14.2 Å². The number of rotatable bonds is 9. The summed E-state index contributed by atoms with van der Waals surface area (Å²) in [5, 5.41) is 9.48. The van der Waals surface area contributed by atoms with Crippen molar-refractivity contribution in [1.82, 2.24) is 9.80 Å². The first kappa shape index (κ1) is 21.5. The Kier molecular flexibility index (Phi) is 8.41. The van der Waals surface area contributed by atoms with Gasteiger partial charge in [-0.2, -0.15) is 0 Å². The van der Waals surface area contributed by atoms with E-state index in [0.717, 1.165) is 44.7 Å². The van der Waals surface area contributed by atoms with E-state index in [4.69, 9.17) is 14.2 Å². The number of piperazine rings is 1. The molecule has 1 heterocycles. The molecule has 0 amide bonds. The maximum atomic E-state index is 9.48. The molecule has 27 heavy (non-hydrogen) atoms. The zero-order chi connectivity index (χ0) is 19.8. The second-order valence-corrected chi connectivity index (χ2v) is 7.21. The molecule has 1 aromatic rings. The Morgan fingerprint density at radius 3 is 2.30 bits per heavy atom. The summed E-state index contributed by atoms with van der Waals surface area (Å²) in [5.41, 5.74) is 2.46. The summed E-state index contributed by atoms with van der Waals surface area (Å²) in [4.78, 5) is 4.90. The average molecular weight is 379 g/mol. The Labute approximate surface area is 163 Å². The van der Waals surface area contributed by atoms with Crippen molar-refractivity contribution in [2.24, 2.45) is 0 Å². The molecular formula is C21H34N2O4. The van der Waals surface area contributed by atoms with Gasteiger partial charge >= 0.3 is 0 Å². The lowest BCUT2D eigenvalue weighted by Crippen LogP contribution is -2.53. The van der Waals surface area contributed by atoms with E-state index in [-0.39, 0.29) is 6.61 Å². The first-order chi connectivity index (χ1) is 13.0. The van der Waals surface area contributed by atoms with E-state index < -0.39 is 0 Å². The number of aliphatic hydroxyl groups is 1. The second kappa shape index (κ2) is 10.5. The number of methoxy groups -OCH3 is 3. The Balaban J connectivity index is 2.10. The van der Waals surface area contributed by atoms with Gasteiger partial charge in [0, 0.05) is 45.4 Å². The number of ether oxygens (including phenoxy) is 3. The van der Waals surface area contributed by atoms with Crippen molar-refractivity contribution >= 4 is 0 Å². The number of hydrogen-bond acceptors (Lipinski definition) is 6. The van der Waals surface area contributed by atoms with Crippen LogP contribution in [0.5, 0.6) is 17.2 Å². The van der Waals surface area contributed by atoms with Crippen LogP contribution in [0.2, 0.25) is 0 Å². The molecule has 0 radical (unpaired) electrons. The van der Waals surface area contributed by atoms with Gasteiger partial charge in [-0.05, 0) is 38.0 Å². The fraction of sp³-hybridized carbons (Fsp3) is 0.619. The van der Waals surface area contributed by atoms with Crippen LogP contribution in [0.4, 0.5) is 0 Å². The third kappa shape index (κ3) is 5.86. The molecular weight excluding hydrogens is 344 g/mol. The molecule has 1 N–H and O–H groups in total. The quantitative estimate of drug-likeness (QED) is 0.667. The highest BCUT2D eigenvalue weighted by atomic mass is 16.5. The van der Waals surface area contributed by atoms with Crippen LogP contribution in [-0.2, 0) is 6.54 Å². The van der Waals surface area contributed by atoms with Crippen molar-refractivity contribution in [2.75, 3.05) is 54.1 Å². The standard InChI is InChI=1S/C21H34N2O4/c1-16(2)6-8-23-10-9-22(15-18(23)7-11-24)14-17-12-19(25-3)21(27-5)20(13-17)26-4/h6,12-13,18,24H,7-11,14-15H2,1-5H3/t18-/m0/s1. The number of benzene rings is 1. The van der Waals surface area contributed by atoms with Crippen LogP contribution >= 0.6 is 0 Å². The minimum Gasteiger partial charge on any atom is -0.493 e. The molecule has 0 saturated carbocycles. The molecule has 0 spiro atoms. The molecule has 152 valence electrons. The van der Waals surface area contributed by atoms with Gasteiger partial charge in [0.2, 0.25) is 5.75 Å². The number of nitrogens with zero attached hydrogens (tertiary/aromatic N) is 2. The fourth-order valence-corrected chi connectivity index (χ4v) is 3.55. The van der Waals surface area contributed by atoms with E-state index in [1.54, 1.807) is 21.3 Å². The predicted molar refractivity (Wildman–Crippen MR) is 108 cm³/mol. The van der Waals surface area contributed by atoms with E-state index >= 15 is 0 Å². The summed E-state index contributed by atoms with van der Waals surface area (Å²) >= 11 is 0. The number of allylic oxidation sites excluding steroid dienone is 1. The molecule has 1 aliphatic heterocycles. The van der Waals surface area contributed by atoms with Crippen LogP contribution in [0.25, 0.3) is 0 Å². The molecule has 1 atom stereocenters. The lowest BCUT2D eigenvalue weighted by atomic mass is 10.1. The first-order valence-corrected chi connectivity index (χ1v) is 9.51. The van der Waals surface area contributed by atoms with Gasteiger partial charge in [0.25, 0.3) is 0 Å². The largest absolute Gasteiger partial charge is 0.493 e. The van der Waals surface area contributed by atoms with E-state index in [1.165, 1.54) is 5.57 Å². The van der Waals surface area contributed by atoms with Crippen LogP contribution in [-0.4, -0.2) is 75.1 Å². The SMILES string of the molecule is COc1cc(CN2CCN(CC=C(C)C)[C@@H](CCO)C2)cc(OC)c1OC. The summed E-state index contributed by atoms with van der Waals surface area (Å²) < 4.78 is 16.3. The van der Waals surface area contributed by atoms with Crippen molar-refractivity contribution in [3.63, 3.8) is 0 Å². The van der Waals surface area contributed by atoms with Crippen LogP contribution in [0.15, 0.2) is 23.8 Å². The maximum Gasteiger partial charge on any atom is 0.203 e. The summed E-state index contributed by atoms with van der Waals surface area (Å²) in [6.45, 7) is 9.17. The summed E-state index contributed by atoms with van der Waals surface area (Å²) in [6, 6.07) is 4.39. The summed E-state index contributed by atoms with van der Waals surface area (Å²) in [5.74, 6) is 1.98. The van der Waals surface area contributed by atoms with Gasteiger partial charge in [0.05, 0.1) is 21.3 Å². The molecule has 6 nitrogen and oxygen atoms in total. The monoisotopic (exact) mass is 378 g/mol. The first-order valence-electron chi connectivity index (χ1n) is 9.51. The molecule has 0 aromatic heterocycles. The zero-order valence-corrected chi connectivity index (χ0v) is 17.3. The molecule has 2 rings (SSSR count). The Hall–Kier alpha value is -1.76. The van der Waals surface area contributed by atoms with Crippen molar-refractivity contribution in [1.29, 1.82) is 0 Å². The molecule has 1 saturated heterocycles. The van der Waals surface area contributed by atoms with E-state index in [9.17, 15) is 5.11 Å². The third-order valence-electron chi connectivity index (χ3n) is 5.02. The summed E-state index contributed by atoms with van der Waals surface area (Å²) in [6.07, 6.45) is 3.06. The fourth-order valence-electron chi connectivity index (χ4n) is 3.55. The minimum atomic E-state index is 0.216. The van der Waals surface area contributed by atoms with Crippen molar-refractivity contribution < 1.29 is 19.3 Å². The Morgan fingerprint density at radius 2 is 1.78 bits per heavy atom. The van der Waals surface area contributed by atoms with Gasteiger partial charge in [-0.15, -0.1) is 0 Å². The minimum absolute atomic E-state index is 0.216. The molecule has 0 aliphatic carbocycles. The van der Waals surface area contributed by atoms with E-state index in [0.29, 0.717) is 23.3 Å².